The van der Waals surface area contributed by atoms with Gasteiger partial charge in [-0.25, -0.2) is 0 Å². The van der Waals surface area contributed by atoms with Crippen molar-refractivity contribution < 1.29 is 0 Å². The third-order valence-corrected chi connectivity index (χ3v) is 1.31. The molecule has 1 aliphatic heterocycles. The molecule has 54 valence electrons. The number of rotatable bonds is 0. The molecule has 0 N–H and O–H groups in total. The standard InChI is InChI=1S/C8H12N2/c1-8-7-9-5-3-2-4-6-10-8/h4-6H,2-3,7H2,1H3/b6-4-,9-5?,10-8?. The van der Waals surface area contributed by atoms with Crippen molar-refractivity contribution in [3.63, 3.8) is 0 Å². The number of allylic oxidation sites excluding steroid dienone is 1. The second-order valence-corrected chi connectivity index (χ2v) is 2.35. The second kappa shape index (κ2) is 3.99. The molecule has 2 nitrogen and oxygen atoms in total. The molecule has 0 atom stereocenters. The lowest BCUT2D eigenvalue weighted by Gasteiger charge is -1.88. The van der Waals surface area contributed by atoms with Gasteiger partial charge in [0.05, 0.1) is 6.54 Å². The van der Waals surface area contributed by atoms with E-state index in [-0.39, 0.29) is 0 Å². The molecule has 0 saturated heterocycles. The molecule has 1 rings (SSSR count). The highest BCUT2D eigenvalue weighted by Crippen LogP contribution is 1.92. The van der Waals surface area contributed by atoms with E-state index in [0.29, 0.717) is 0 Å². The lowest BCUT2D eigenvalue weighted by Crippen LogP contribution is -1.94. The average Bonchev–Trinajstić information content (AvgIpc) is 2.02. The first-order valence-corrected chi connectivity index (χ1v) is 3.56. The smallest absolute Gasteiger partial charge is 0.0765 e. The topological polar surface area (TPSA) is 24.7 Å². The van der Waals surface area contributed by atoms with Crippen LogP contribution in [-0.4, -0.2) is 18.5 Å². The third-order valence-electron chi connectivity index (χ3n) is 1.31. The lowest BCUT2D eigenvalue weighted by atomic mass is 10.3. The van der Waals surface area contributed by atoms with Crippen LogP contribution in [0.3, 0.4) is 0 Å². The van der Waals surface area contributed by atoms with Crippen molar-refractivity contribution >= 4 is 11.9 Å². The number of nitrogens with zero attached hydrogens (tertiary/aromatic N) is 2. The maximum atomic E-state index is 4.18. The summed E-state index contributed by atoms with van der Waals surface area (Å²) in [5.41, 5.74) is 1.08. The SMILES string of the molecule is CC1=N/C=C\CCC=NC1. The molecule has 10 heavy (non-hydrogen) atoms. The van der Waals surface area contributed by atoms with Crippen LogP contribution in [0.4, 0.5) is 0 Å². The zero-order valence-electron chi connectivity index (χ0n) is 6.25. The molecule has 0 fully saturated rings. The summed E-state index contributed by atoms with van der Waals surface area (Å²) in [5, 5.41) is 0. The highest BCUT2D eigenvalue weighted by Gasteiger charge is 1.87. The molecule has 1 heterocycles. The van der Waals surface area contributed by atoms with E-state index in [0.717, 1.165) is 25.1 Å². The van der Waals surface area contributed by atoms with Crippen molar-refractivity contribution in [1.82, 2.24) is 0 Å². The van der Waals surface area contributed by atoms with Gasteiger partial charge in [0.1, 0.15) is 0 Å². The molecule has 0 saturated carbocycles. The summed E-state index contributed by atoms with van der Waals surface area (Å²) in [4.78, 5) is 8.34. The Balaban J connectivity index is 2.57. The Labute approximate surface area is 61.4 Å². The van der Waals surface area contributed by atoms with E-state index in [9.17, 15) is 0 Å². The summed E-state index contributed by atoms with van der Waals surface area (Å²) in [7, 11) is 0. The molecule has 0 bridgehead atoms. The van der Waals surface area contributed by atoms with Crippen LogP contribution in [0.25, 0.3) is 0 Å². The van der Waals surface area contributed by atoms with Crippen LogP contribution in [0.15, 0.2) is 22.3 Å². The van der Waals surface area contributed by atoms with Gasteiger partial charge >= 0.3 is 0 Å². The first-order valence-electron chi connectivity index (χ1n) is 3.56. The number of aliphatic imine (C=N–C) groups is 2. The Hall–Kier alpha value is -0.920. The molecule has 0 radical (unpaired) electrons. The van der Waals surface area contributed by atoms with Crippen LogP contribution in [0.1, 0.15) is 19.8 Å². The van der Waals surface area contributed by atoms with E-state index in [2.05, 4.69) is 16.1 Å². The van der Waals surface area contributed by atoms with Crippen molar-refractivity contribution in [2.75, 3.05) is 6.54 Å². The first kappa shape index (κ1) is 7.19. The summed E-state index contributed by atoms with van der Waals surface area (Å²) < 4.78 is 0. The van der Waals surface area contributed by atoms with Crippen LogP contribution in [0.5, 0.6) is 0 Å². The third kappa shape index (κ3) is 2.58. The quantitative estimate of drug-likeness (QED) is 0.485. The zero-order valence-corrected chi connectivity index (χ0v) is 6.25. The van der Waals surface area contributed by atoms with Crippen LogP contribution in [0.2, 0.25) is 0 Å². The Morgan fingerprint density at radius 3 is 3.20 bits per heavy atom. The van der Waals surface area contributed by atoms with Crippen LogP contribution in [0, 0.1) is 0 Å². The Morgan fingerprint density at radius 1 is 1.40 bits per heavy atom. The molecule has 0 amide bonds. The summed E-state index contributed by atoms with van der Waals surface area (Å²) in [6.07, 6.45) is 8.00. The molecule has 1 aliphatic rings. The molecular formula is C8H12N2. The average molecular weight is 136 g/mol. The molecule has 0 unspecified atom stereocenters. The largest absolute Gasteiger partial charge is 0.292 e. The molecule has 2 heteroatoms. The maximum absolute atomic E-state index is 4.18. The summed E-state index contributed by atoms with van der Waals surface area (Å²) >= 11 is 0. The van der Waals surface area contributed by atoms with Crippen molar-refractivity contribution in [3.8, 4) is 0 Å². The Morgan fingerprint density at radius 2 is 2.30 bits per heavy atom. The van der Waals surface area contributed by atoms with Gasteiger partial charge in [-0.1, -0.05) is 6.08 Å². The van der Waals surface area contributed by atoms with Crippen LogP contribution >= 0.6 is 0 Å². The van der Waals surface area contributed by atoms with E-state index >= 15 is 0 Å². The molecule has 0 aromatic carbocycles. The minimum Gasteiger partial charge on any atom is -0.292 e. The Kier molecular flexibility index (Phi) is 2.87. The normalized spacial score (nSPS) is 22.3. The lowest BCUT2D eigenvalue weighted by molar-refractivity contribution is 1.11. The van der Waals surface area contributed by atoms with E-state index in [1.807, 2.05) is 19.3 Å². The van der Waals surface area contributed by atoms with Crippen molar-refractivity contribution in [2.24, 2.45) is 9.98 Å². The van der Waals surface area contributed by atoms with Gasteiger partial charge in [-0.05, 0) is 26.0 Å². The van der Waals surface area contributed by atoms with Gasteiger partial charge in [-0.2, -0.15) is 0 Å². The predicted octanol–water partition coefficient (Wildman–Crippen LogP) is 1.83. The predicted molar refractivity (Wildman–Crippen MR) is 44.8 cm³/mol. The van der Waals surface area contributed by atoms with Gasteiger partial charge in [0.25, 0.3) is 0 Å². The van der Waals surface area contributed by atoms with Crippen molar-refractivity contribution in [3.05, 3.63) is 12.3 Å². The van der Waals surface area contributed by atoms with E-state index in [4.69, 9.17) is 0 Å². The van der Waals surface area contributed by atoms with Crippen molar-refractivity contribution in [2.45, 2.75) is 19.8 Å². The maximum Gasteiger partial charge on any atom is 0.0765 e. The molecule has 0 aromatic heterocycles. The fourth-order valence-electron chi connectivity index (χ4n) is 0.754. The van der Waals surface area contributed by atoms with E-state index < -0.39 is 0 Å². The zero-order chi connectivity index (χ0) is 7.23. The summed E-state index contributed by atoms with van der Waals surface area (Å²) in [6.45, 7) is 2.75. The van der Waals surface area contributed by atoms with Crippen LogP contribution < -0.4 is 0 Å². The van der Waals surface area contributed by atoms with Gasteiger partial charge in [-0.15, -0.1) is 0 Å². The van der Waals surface area contributed by atoms with E-state index in [1.54, 1.807) is 0 Å². The molecule has 0 aromatic rings. The van der Waals surface area contributed by atoms with Crippen molar-refractivity contribution in [1.29, 1.82) is 0 Å². The fraction of sp³-hybridized carbons (Fsp3) is 0.500. The second-order valence-electron chi connectivity index (χ2n) is 2.35. The summed E-state index contributed by atoms with van der Waals surface area (Å²) in [6, 6.07) is 0. The first-order chi connectivity index (χ1) is 4.89. The van der Waals surface area contributed by atoms with Gasteiger partial charge in [0.15, 0.2) is 0 Å². The number of hydrogen-bond donors (Lipinski definition) is 0. The Bertz CT molecular complexity index is 178. The van der Waals surface area contributed by atoms with Gasteiger partial charge in [-0.3, -0.25) is 9.98 Å². The van der Waals surface area contributed by atoms with E-state index in [1.165, 1.54) is 0 Å². The highest BCUT2D eigenvalue weighted by molar-refractivity contribution is 5.85. The minimum absolute atomic E-state index is 0.754. The summed E-state index contributed by atoms with van der Waals surface area (Å²) in [5.74, 6) is 0. The minimum atomic E-state index is 0.754. The van der Waals surface area contributed by atoms with Gasteiger partial charge in [0.2, 0.25) is 0 Å². The molecule has 0 aliphatic carbocycles. The van der Waals surface area contributed by atoms with Crippen LogP contribution in [-0.2, 0) is 0 Å². The monoisotopic (exact) mass is 136 g/mol. The van der Waals surface area contributed by atoms with Gasteiger partial charge < -0.3 is 0 Å². The molecule has 0 spiro atoms. The number of hydrogen-bond acceptors (Lipinski definition) is 2. The highest BCUT2D eigenvalue weighted by atomic mass is 14.8. The fourth-order valence-corrected chi connectivity index (χ4v) is 0.754. The molecular weight excluding hydrogens is 124 g/mol. The van der Waals surface area contributed by atoms with Gasteiger partial charge in [0, 0.05) is 11.9 Å².